The third-order valence-electron chi connectivity index (χ3n) is 4.70. The van der Waals surface area contributed by atoms with Crippen molar-refractivity contribution in [3.8, 4) is 0 Å². The lowest BCUT2D eigenvalue weighted by Gasteiger charge is -2.19. The average molecular weight is 469 g/mol. The van der Waals surface area contributed by atoms with Crippen molar-refractivity contribution >= 4 is 37.3 Å². The van der Waals surface area contributed by atoms with E-state index in [-0.39, 0.29) is 27.8 Å². The summed E-state index contributed by atoms with van der Waals surface area (Å²) in [7, 11) is -5.75. The lowest BCUT2D eigenvalue weighted by atomic mass is 10.1. The van der Waals surface area contributed by atoms with Crippen molar-refractivity contribution in [2.24, 2.45) is 0 Å². The number of aromatic nitrogens is 2. The molecule has 1 heterocycles. The van der Waals surface area contributed by atoms with E-state index < -0.39 is 25.8 Å². The summed E-state index contributed by atoms with van der Waals surface area (Å²) >= 11 is 0. The van der Waals surface area contributed by atoms with Crippen molar-refractivity contribution in [2.75, 3.05) is 28.7 Å². The molecule has 1 N–H and O–H groups in total. The summed E-state index contributed by atoms with van der Waals surface area (Å²) in [6.07, 6.45) is 5.61. The maximum Gasteiger partial charge on any atom is 0.259 e. The summed E-state index contributed by atoms with van der Waals surface area (Å²) in [4.78, 5) is 12.7. The van der Waals surface area contributed by atoms with Gasteiger partial charge in [-0.15, -0.1) is 10.2 Å². The van der Waals surface area contributed by atoms with Crippen molar-refractivity contribution in [3.63, 3.8) is 0 Å². The summed E-state index contributed by atoms with van der Waals surface area (Å²) in [5, 5.41) is 9.93. The van der Waals surface area contributed by atoms with E-state index in [1.54, 1.807) is 12.1 Å². The number of rotatable bonds is 11. The highest BCUT2D eigenvalue weighted by molar-refractivity contribution is 7.92. The Morgan fingerprint density at radius 3 is 2.26 bits per heavy atom. The molecule has 0 atom stereocenters. The fourth-order valence-corrected chi connectivity index (χ4v) is 4.61. The first-order valence-electron chi connectivity index (χ1n) is 9.97. The Balaban J connectivity index is 2.10. The predicted octanol–water partition coefficient (Wildman–Crippen LogP) is 2.87. The van der Waals surface area contributed by atoms with Crippen LogP contribution in [0.5, 0.6) is 0 Å². The molecule has 0 aliphatic heterocycles. The number of hydrogen-bond donors (Lipinski definition) is 1. The molecule has 0 spiro atoms. The first-order valence-corrected chi connectivity index (χ1v) is 13.5. The highest BCUT2D eigenvalue weighted by atomic mass is 32.2. The van der Waals surface area contributed by atoms with Gasteiger partial charge in [0.25, 0.3) is 5.91 Å². The molecule has 31 heavy (non-hydrogen) atoms. The van der Waals surface area contributed by atoms with Crippen molar-refractivity contribution < 1.29 is 21.6 Å². The minimum atomic E-state index is -3.56. The van der Waals surface area contributed by atoms with Gasteiger partial charge in [0.1, 0.15) is 0 Å². The number of benzene rings is 1. The zero-order valence-electron chi connectivity index (χ0n) is 17.9. The molecule has 0 aliphatic rings. The largest absolute Gasteiger partial charge is 0.305 e. The zero-order chi connectivity index (χ0) is 23.1. The second-order valence-electron chi connectivity index (χ2n) is 7.19. The van der Waals surface area contributed by atoms with Gasteiger partial charge < -0.3 is 5.32 Å². The van der Waals surface area contributed by atoms with Crippen LogP contribution in [0, 0.1) is 0 Å². The van der Waals surface area contributed by atoms with Gasteiger partial charge in [-0.1, -0.05) is 44.7 Å². The first kappa shape index (κ1) is 24.7. The molecule has 2 aromatic rings. The second kappa shape index (κ2) is 10.7. The third-order valence-corrected chi connectivity index (χ3v) is 7.58. The minimum absolute atomic E-state index is 0.00228. The van der Waals surface area contributed by atoms with Gasteiger partial charge in [0, 0.05) is 7.05 Å². The highest BCUT2D eigenvalue weighted by Gasteiger charge is 2.21. The van der Waals surface area contributed by atoms with Crippen LogP contribution in [0.3, 0.4) is 0 Å². The third kappa shape index (κ3) is 7.00. The second-order valence-corrected chi connectivity index (χ2v) is 11.3. The topological polar surface area (TPSA) is 126 Å². The van der Waals surface area contributed by atoms with Crippen LogP contribution < -0.4 is 9.62 Å². The Morgan fingerprint density at radius 1 is 0.968 bits per heavy atom. The Labute approximate surface area is 183 Å². The summed E-state index contributed by atoms with van der Waals surface area (Å²) in [5.74, 6) is -0.530. The van der Waals surface area contributed by atoms with Crippen LogP contribution in [0.4, 0.5) is 11.5 Å². The zero-order valence-corrected chi connectivity index (χ0v) is 19.5. The van der Waals surface area contributed by atoms with Crippen LogP contribution >= 0.6 is 0 Å². The number of amides is 1. The summed E-state index contributed by atoms with van der Waals surface area (Å²) in [6, 6.07) is 8.89. The van der Waals surface area contributed by atoms with Gasteiger partial charge >= 0.3 is 0 Å². The molecule has 0 radical (unpaired) electrons. The number of carbonyl (C=O) groups excluding carboxylic acids is 1. The molecule has 0 saturated carbocycles. The van der Waals surface area contributed by atoms with Crippen molar-refractivity contribution in [3.05, 3.63) is 42.0 Å². The fraction of sp³-hybridized carbons (Fsp3) is 0.450. The van der Waals surface area contributed by atoms with Crippen LogP contribution in [0.2, 0.25) is 0 Å². The van der Waals surface area contributed by atoms with Gasteiger partial charge in [-0.2, -0.15) is 0 Å². The van der Waals surface area contributed by atoms with E-state index in [9.17, 15) is 21.6 Å². The van der Waals surface area contributed by atoms with Gasteiger partial charge in [-0.05, 0) is 30.7 Å². The van der Waals surface area contributed by atoms with Gasteiger partial charge in [-0.3, -0.25) is 9.10 Å². The molecular weight excluding hydrogens is 440 g/mol. The number of nitrogens with one attached hydrogen (secondary N) is 1. The fourth-order valence-electron chi connectivity index (χ4n) is 2.86. The number of unbranched alkanes of at least 4 members (excludes halogenated alkanes) is 4. The molecule has 9 nitrogen and oxygen atoms in total. The monoisotopic (exact) mass is 468 g/mol. The van der Waals surface area contributed by atoms with Gasteiger partial charge in [0.15, 0.2) is 20.7 Å². The van der Waals surface area contributed by atoms with E-state index in [2.05, 4.69) is 22.4 Å². The van der Waals surface area contributed by atoms with E-state index in [1.807, 2.05) is 0 Å². The van der Waals surface area contributed by atoms with Gasteiger partial charge in [0.2, 0.25) is 10.0 Å². The van der Waals surface area contributed by atoms with E-state index in [0.29, 0.717) is 6.42 Å². The van der Waals surface area contributed by atoms with E-state index in [1.165, 1.54) is 31.3 Å². The lowest BCUT2D eigenvalue weighted by Crippen LogP contribution is -2.27. The molecule has 170 valence electrons. The number of para-hydroxylation sites is 1. The molecule has 11 heteroatoms. The van der Waals surface area contributed by atoms with Gasteiger partial charge in [0.05, 0.1) is 23.3 Å². The van der Waals surface area contributed by atoms with Crippen LogP contribution in [-0.2, 0) is 19.9 Å². The van der Waals surface area contributed by atoms with Crippen LogP contribution in [0.1, 0.15) is 49.4 Å². The van der Waals surface area contributed by atoms with E-state index in [4.69, 9.17) is 0 Å². The molecule has 1 aromatic heterocycles. The molecule has 0 saturated heterocycles. The van der Waals surface area contributed by atoms with Crippen LogP contribution in [0.15, 0.2) is 41.4 Å². The maximum atomic E-state index is 12.7. The normalized spacial score (nSPS) is 11.8. The predicted molar refractivity (Wildman–Crippen MR) is 120 cm³/mol. The SMILES string of the molecule is CCCCCCCS(=O)(=O)c1ccc(NC(=O)c2ccccc2N(C)S(C)(=O)=O)nn1. The van der Waals surface area contributed by atoms with E-state index >= 15 is 0 Å². The van der Waals surface area contributed by atoms with Crippen molar-refractivity contribution in [2.45, 2.75) is 44.1 Å². The summed E-state index contributed by atoms with van der Waals surface area (Å²) in [6.45, 7) is 2.09. The minimum Gasteiger partial charge on any atom is -0.305 e. The Hall–Kier alpha value is -2.53. The number of anilines is 2. The summed E-state index contributed by atoms with van der Waals surface area (Å²) < 4.78 is 49.4. The smallest absolute Gasteiger partial charge is 0.259 e. The number of hydrogen-bond acceptors (Lipinski definition) is 7. The molecule has 0 aliphatic carbocycles. The standard InChI is InChI=1S/C20H28N4O5S2/c1-4-5-6-7-10-15-31(28,29)19-14-13-18(22-23-19)21-20(25)16-11-8-9-12-17(16)24(2)30(3,26)27/h8-9,11-14H,4-7,10,15H2,1-3H3,(H,21,22,25). The molecule has 0 fully saturated rings. The van der Waals surface area contributed by atoms with Crippen LogP contribution in [-0.4, -0.2) is 52.0 Å². The maximum absolute atomic E-state index is 12.7. The number of sulfonamides is 1. The molecule has 0 unspecified atom stereocenters. The van der Waals surface area contributed by atoms with Crippen molar-refractivity contribution in [1.29, 1.82) is 0 Å². The average Bonchev–Trinajstić information content (AvgIpc) is 2.72. The van der Waals surface area contributed by atoms with Crippen LogP contribution in [0.25, 0.3) is 0 Å². The quantitative estimate of drug-likeness (QED) is 0.502. The number of sulfone groups is 1. The summed E-state index contributed by atoms with van der Waals surface area (Å²) in [5.41, 5.74) is 0.332. The Kier molecular flexibility index (Phi) is 8.52. The molecule has 2 rings (SSSR count). The van der Waals surface area contributed by atoms with E-state index in [0.717, 1.165) is 36.2 Å². The highest BCUT2D eigenvalue weighted by Crippen LogP contribution is 2.22. The first-order chi connectivity index (χ1) is 14.6. The van der Waals surface area contributed by atoms with Gasteiger partial charge in [-0.25, -0.2) is 16.8 Å². The number of carbonyl (C=O) groups is 1. The Morgan fingerprint density at radius 2 is 1.65 bits per heavy atom. The molecule has 1 amide bonds. The molecular formula is C20H28N4O5S2. The molecule has 1 aromatic carbocycles. The van der Waals surface area contributed by atoms with Crippen molar-refractivity contribution in [1.82, 2.24) is 10.2 Å². The molecule has 0 bridgehead atoms. The Bertz CT molecular complexity index is 1100. The lowest BCUT2D eigenvalue weighted by molar-refractivity contribution is 0.102. The number of nitrogens with zero attached hydrogens (tertiary/aromatic N) is 3.